The van der Waals surface area contributed by atoms with Gasteiger partial charge in [0, 0.05) is 25.3 Å². The van der Waals surface area contributed by atoms with Crippen molar-refractivity contribution in [3.63, 3.8) is 0 Å². The summed E-state index contributed by atoms with van der Waals surface area (Å²) in [5.41, 5.74) is 2.64. The van der Waals surface area contributed by atoms with E-state index in [9.17, 15) is 0 Å². The van der Waals surface area contributed by atoms with Gasteiger partial charge in [0.25, 0.3) is 0 Å². The lowest BCUT2D eigenvalue weighted by molar-refractivity contribution is 0.0255. The standard InChI is InChI=1S/C16H25N3O/c1-12(2)18-10-13-6-7-17-11-15(13)19-8-9-20-16-5-3-4-14(16)19/h6-7,11-12,14,16,18H,3-5,8-10H2,1-2H3. The number of anilines is 1. The van der Waals surface area contributed by atoms with Crippen molar-refractivity contribution < 1.29 is 4.74 Å². The van der Waals surface area contributed by atoms with Gasteiger partial charge in [-0.2, -0.15) is 0 Å². The van der Waals surface area contributed by atoms with Crippen LogP contribution in [0, 0.1) is 0 Å². The summed E-state index contributed by atoms with van der Waals surface area (Å²) in [4.78, 5) is 6.88. The van der Waals surface area contributed by atoms with Crippen LogP contribution in [0.4, 0.5) is 5.69 Å². The SMILES string of the molecule is CC(C)NCc1ccncc1N1CCOC2CCCC21. The molecule has 2 heterocycles. The zero-order valence-corrected chi connectivity index (χ0v) is 12.5. The molecule has 0 aromatic carbocycles. The average molecular weight is 275 g/mol. The van der Waals surface area contributed by atoms with Crippen LogP contribution in [0.3, 0.4) is 0 Å². The van der Waals surface area contributed by atoms with Crippen molar-refractivity contribution in [2.45, 2.75) is 57.8 Å². The minimum Gasteiger partial charge on any atom is -0.374 e. The van der Waals surface area contributed by atoms with E-state index >= 15 is 0 Å². The summed E-state index contributed by atoms with van der Waals surface area (Å²) < 4.78 is 5.91. The minimum atomic E-state index is 0.426. The van der Waals surface area contributed by atoms with Gasteiger partial charge >= 0.3 is 0 Å². The highest BCUT2D eigenvalue weighted by Gasteiger charge is 2.36. The number of nitrogens with one attached hydrogen (secondary N) is 1. The van der Waals surface area contributed by atoms with Crippen molar-refractivity contribution in [3.8, 4) is 0 Å². The van der Waals surface area contributed by atoms with Gasteiger partial charge in [0.05, 0.1) is 30.6 Å². The van der Waals surface area contributed by atoms with Crippen LogP contribution in [0.15, 0.2) is 18.5 Å². The molecule has 110 valence electrons. The summed E-state index contributed by atoms with van der Waals surface area (Å²) in [6.45, 7) is 7.10. The molecule has 2 atom stereocenters. The smallest absolute Gasteiger partial charge is 0.0779 e. The van der Waals surface area contributed by atoms with E-state index in [1.807, 2.05) is 12.4 Å². The minimum absolute atomic E-state index is 0.426. The predicted molar refractivity (Wildman–Crippen MR) is 80.9 cm³/mol. The van der Waals surface area contributed by atoms with E-state index in [0.717, 1.165) is 19.7 Å². The van der Waals surface area contributed by atoms with Gasteiger partial charge in [-0.3, -0.25) is 4.98 Å². The Hall–Kier alpha value is -1.13. The van der Waals surface area contributed by atoms with Crippen molar-refractivity contribution in [1.29, 1.82) is 0 Å². The number of nitrogens with zero attached hydrogens (tertiary/aromatic N) is 2. The molecule has 0 bridgehead atoms. The normalized spacial score (nSPS) is 26.1. The molecule has 4 nitrogen and oxygen atoms in total. The number of hydrogen-bond acceptors (Lipinski definition) is 4. The fraction of sp³-hybridized carbons (Fsp3) is 0.688. The number of rotatable bonds is 4. The summed E-state index contributed by atoms with van der Waals surface area (Å²) in [6.07, 6.45) is 8.09. The van der Waals surface area contributed by atoms with E-state index < -0.39 is 0 Å². The predicted octanol–water partition coefficient (Wildman–Crippen LogP) is 2.34. The Morgan fingerprint density at radius 3 is 3.20 bits per heavy atom. The molecule has 0 spiro atoms. The van der Waals surface area contributed by atoms with E-state index in [2.05, 4.69) is 35.1 Å². The first-order chi connectivity index (χ1) is 9.75. The molecule has 1 saturated heterocycles. The average Bonchev–Trinajstić information content (AvgIpc) is 2.93. The molecule has 4 heteroatoms. The monoisotopic (exact) mass is 275 g/mol. The summed E-state index contributed by atoms with van der Waals surface area (Å²) >= 11 is 0. The molecule has 20 heavy (non-hydrogen) atoms. The first-order valence-electron chi connectivity index (χ1n) is 7.80. The van der Waals surface area contributed by atoms with E-state index in [1.54, 1.807) is 0 Å². The number of ether oxygens (including phenoxy) is 1. The fourth-order valence-corrected chi connectivity index (χ4v) is 3.36. The van der Waals surface area contributed by atoms with Gasteiger partial charge in [-0.1, -0.05) is 13.8 Å². The zero-order valence-electron chi connectivity index (χ0n) is 12.5. The first-order valence-corrected chi connectivity index (χ1v) is 7.80. The van der Waals surface area contributed by atoms with Gasteiger partial charge in [-0.25, -0.2) is 0 Å². The van der Waals surface area contributed by atoms with Gasteiger partial charge in [0.2, 0.25) is 0 Å². The molecular weight excluding hydrogens is 250 g/mol. The summed E-state index contributed by atoms with van der Waals surface area (Å²) in [5.74, 6) is 0. The van der Waals surface area contributed by atoms with Gasteiger partial charge in [0.1, 0.15) is 0 Å². The molecule has 2 aliphatic rings. The Morgan fingerprint density at radius 1 is 1.45 bits per heavy atom. The third-order valence-corrected chi connectivity index (χ3v) is 4.38. The summed E-state index contributed by atoms with van der Waals surface area (Å²) in [5, 5.41) is 3.52. The highest BCUT2D eigenvalue weighted by atomic mass is 16.5. The molecule has 1 aromatic rings. The van der Waals surface area contributed by atoms with E-state index in [0.29, 0.717) is 18.2 Å². The van der Waals surface area contributed by atoms with Crippen LogP contribution in [0.5, 0.6) is 0 Å². The Morgan fingerprint density at radius 2 is 2.35 bits per heavy atom. The number of aromatic nitrogens is 1. The molecule has 1 aliphatic heterocycles. The molecule has 2 unspecified atom stereocenters. The van der Waals surface area contributed by atoms with Gasteiger partial charge in [0.15, 0.2) is 0 Å². The summed E-state index contributed by atoms with van der Waals surface area (Å²) in [6, 6.07) is 3.19. The maximum absolute atomic E-state index is 5.91. The third kappa shape index (κ3) is 2.81. The molecule has 0 amide bonds. The second-order valence-electron chi connectivity index (χ2n) is 6.14. The second kappa shape index (κ2) is 6.10. The van der Waals surface area contributed by atoms with Crippen molar-refractivity contribution in [3.05, 3.63) is 24.0 Å². The van der Waals surface area contributed by atoms with Crippen LogP contribution in [0.1, 0.15) is 38.7 Å². The quantitative estimate of drug-likeness (QED) is 0.915. The van der Waals surface area contributed by atoms with Gasteiger partial charge in [-0.05, 0) is 30.9 Å². The molecule has 0 radical (unpaired) electrons. The molecular formula is C16H25N3O. The fourth-order valence-electron chi connectivity index (χ4n) is 3.36. The van der Waals surface area contributed by atoms with Gasteiger partial charge < -0.3 is 15.0 Å². The third-order valence-electron chi connectivity index (χ3n) is 4.38. The first kappa shape index (κ1) is 13.8. The maximum Gasteiger partial charge on any atom is 0.0779 e. The lowest BCUT2D eigenvalue weighted by Gasteiger charge is -2.40. The van der Waals surface area contributed by atoms with Crippen LogP contribution in [0.2, 0.25) is 0 Å². The van der Waals surface area contributed by atoms with Crippen LogP contribution >= 0.6 is 0 Å². The van der Waals surface area contributed by atoms with Gasteiger partial charge in [-0.15, -0.1) is 0 Å². The van der Waals surface area contributed by atoms with E-state index in [4.69, 9.17) is 4.74 Å². The van der Waals surface area contributed by atoms with Crippen molar-refractivity contribution in [1.82, 2.24) is 10.3 Å². The molecule has 1 saturated carbocycles. The lowest BCUT2D eigenvalue weighted by atomic mass is 10.1. The highest BCUT2D eigenvalue weighted by molar-refractivity contribution is 5.53. The van der Waals surface area contributed by atoms with Crippen molar-refractivity contribution in [2.24, 2.45) is 0 Å². The molecule has 1 aliphatic carbocycles. The second-order valence-corrected chi connectivity index (χ2v) is 6.14. The van der Waals surface area contributed by atoms with Crippen LogP contribution < -0.4 is 10.2 Å². The van der Waals surface area contributed by atoms with Crippen molar-refractivity contribution >= 4 is 5.69 Å². The van der Waals surface area contributed by atoms with Crippen LogP contribution in [-0.4, -0.2) is 36.3 Å². The Balaban J connectivity index is 1.81. The Bertz CT molecular complexity index is 449. The highest BCUT2D eigenvalue weighted by Crippen LogP contribution is 2.34. The Labute approximate surface area is 121 Å². The number of morpholine rings is 1. The maximum atomic E-state index is 5.91. The van der Waals surface area contributed by atoms with E-state index in [-0.39, 0.29) is 0 Å². The number of fused-ring (bicyclic) bond motifs is 1. The zero-order chi connectivity index (χ0) is 13.9. The van der Waals surface area contributed by atoms with Crippen LogP contribution in [-0.2, 0) is 11.3 Å². The largest absolute Gasteiger partial charge is 0.374 e. The number of pyridine rings is 1. The summed E-state index contributed by atoms with van der Waals surface area (Å²) in [7, 11) is 0. The Kier molecular flexibility index (Phi) is 4.22. The van der Waals surface area contributed by atoms with Crippen LogP contribution in [0.25, 0.3) is 0 Å². The molecule has 1 aromatic heterocycles. The number of hydrogen-bond donors (Lipinski definition) is 1. The van der Waals surface area contributed by atoms with Crippen molar-refractivity contribution in [2.75, 3.05) is 18.1 Å². The molecule has 2 fully saturated rings. The lowest BCUT2D eigenvalue weighted by Crippen LogP contribution is -2.49. The van der Waals surface area contributed by atoms with E-state index in [1.165, 1.54) is 30.5 Å². The topological polar surface area (TPSA) is 37.4 Å². The molecule has 1 N–H and O–H groups in total. The molecule has 3 rings (SSSR count).